The summed E-state index contributed by atoms with van der Waals surface area (Å²) in [5.41, 5.74) is 13.2. The van der Waals surface area contributed by atoms with E-state index in [0.717, 1.165) is 16.6 Å². The molecule has 0 atom stereocenters. The van der Waals surface area contributed by atoms with E-state index in [0.29, 0.717) is 0 Å². The third-order valence-corrected chi connectivity index (χ3v) is 4.22. The smallest absolute Gasteiger partial charge is 0.405 e. The molecule has 0 bridgehead atoms. The topological polar surface area (TPSA) is 70.5 Å². The average Bonchev–Trinajstić information content (AvgIpc) is 2.65. The van der Waals surface area contributed by atoms with Crippen molar-refractivity contribution in [2.24, 2.45) is 11.5 Å². The first kappa shape index (κ1) is 15.7. The van der Waals surface area contributed by atoms with E-state index in [4.69, 9.17) is 20.8 Å². The molecule has 1 heterocycles. The number of allylic oxidation sites excluding steroid dienone is 2. The summed E-state index contributed by atoms with van der Waals surface area (Å²) in [5.74, 6) is 0. The van der Waals surface area contributed by atoms with Crippen LogP contribution in [0.15, 0.2) is 42.7 Å². The van der Waals surface area contributed by atoms with E-state index in [1.54, 1.807) is 6.08 Å². The lowest BCUT2D eigenvalue weighted by Crippen LogP contribution is -2.41. The second-order valence-electron chi connectivity index (χ2n) is 6.19. The zero-order valence-corrected chi connectivity index (χ0v) is 13.1. The largest absolute Gasteiger partial charge is 0.494 e. The van der Waals surface area contributed by atoms with Crippen LogP contribution in [0.4, 0.5) is 0 Å². The van der Waals surface area contributed by atoms with E-state index in [2.05, 4.69) is 0 Å². The molecule has 4 nitrogen and oxygen atoms in total. The fourth-order valence-corrected chi connectivity index (χ4v) is 2.16. The summed E-state index contributed by atoms with van der Waals surface area (Å²) < 4.78 is 12.1. The van der Waals surface area contributed by atoms with Crippen LogP contribution >= 0.6 is 0 Å². The van der Waals surface area contributed by atoms with Gasteiger partial charge >= 0.3 is 7.12 Å². The molecule has 1 aromatic rings. The van der Waals surface area contributed by atoms with Gasteiger partial charge in [0.05, 0.1) is 11.2 Å². The highest BCUT2D eigenvalue weighted by atomic mass is 16.7. The van der Waals surface area contributed by atoms with Crippen LogP contribution in [0, 0.1) is 0 Å². The molecule has 4 N–H and O–H groups in total. The molecule has 1 aromatic carbocycles. The van der Waals surface area contributed by atoms with Crippen LogP contribution in [0.25, 0.3) is 5.57 Å². The van der Waals surface area contributed by atoms with Crippen molar-refractivity contribution < 1.29 is 9.31 Å². The van der Waals surface area contributed by atoms with Crippen LogP contribution in [0.1, 0.15) is 33.3 Å². The Bertz CT molecular complexity index is 546. The number of hydrogen-bond donors (Lipinski definition) is 2. The van der Waals surface area contributed by atoms with Crippen molar-refractivity contribution in [3.8, 4) is 0 Å². The maximum atomic E-state index is 6.03. The van der Waals surface area contributed by atoms with Crippen LogP contribution in [0.5, 0.6) is 0 Å². The van der Waals surface area contributed by atoms with Crippen molar-refractivity contribution in [3.63, 3.8) is 0 Å². The summed E-state index contributed by atoms with van der Waals surface area (Å²) in [6.45, 7) is 8.18. The summed E-state index contributed by atoms with van der Waals surface area (Å²) in [4.78, 5) is 0. The SMILES string of the molecule is CC1(C)OB(c2ccc(C(/C=C\N)=C/N)cc2)OC1(C)C. The second kappa shape index (κ2) is 5.58. The predicted molar refractivity (Wildman–Crippen MR) is 87.6 cm³/mol. The van der Waals surface area contributed by atoms with E-state index in [-0.39, 0.29) is 18.3 Å². The minimum atomic E-state index is -0.348. The van der Waals surface area contributed by atoms with E-state index in [9.17, 15) is 0 Å². The maximum Gasteiger partial charge on any atom is 0.494 e. The summed E-state index contributed by atoms with van der Waals surface area (Å²) >= 11 is 0. The molecule has 1 fully saturated rings. The third kappa shape index (κ3) is 2.99. The Balaban J connectivity index is 2.21. The van der Waals surface area contributed by atoms with Gasteiger partial charge in [-0.25, -0.2) is 0 Å². The fourth-order valence-electron chi connectivity index (χ4n) is 2.16. The van der Waals surface area contributed by atoms with Gasteiger partial charge in [-0.05, 0) is 56.6 Å². The Hall–Kier alpha value is -1.72. The number of nitrogens with two attached hydrogens (primary N) is 2. The van der Waals surface area contributed by atoms with Crippen LogP contribution < -0.4 is 16.9 Å². The lowest BCUT2D eigenvalue weighted by Gasteiger charge is -2.32. The van der Waals surface area contributed by atoms with Crippen molar-refractivity contribution in [1.82, 2.24) is 0 Å². The van der Waals surface area contributed by atoms with Gasteiger partial charge in [0.2, 0.25) is 0 Å². The van der Waals surface area contributed by atoms with Gasteiger partial charge in [0.25, 0.3) is 0 Å². The highest BCUT2D eigenvalue weighted by Crippen LogP contribution is 2.36. The molecule has 5 heteroatoms. The fraction of sp³-hybridized carbons (Fsp3) is 0.375. The summed E-state index contributed by atoms with van der Waals surface area (Å²) in [6.07, 6.45) is 4.78. The Labute approximate surface area is 126 Å². The van der Waals surface area contributed by atoms with Crippen LogP contribution in [-0.2, 0) is 9.31 Å². The normalized spacial score (nSPS) is 21.1. The Morgan fingerprint density at radius 1 is 1.00 bits per heavy atom. The molecule has 0 aliphatic carbocycles. The molecule has 112 valence electrons. The van der Waals surface area contributed by atoms with Crippen LogP contribution in [-0.4, -0.2) is 18.3 Å². The molecule has 1 saturated heterocycles. The van der Waals surface area contributed by atoms with Gasteiger partial charge in [-0.15, -0.1) is 0 Å². The van der Waals surface area contributed by atoms with Crippen molar-refractivity contribution >= 4 is 18.2 Å². The maximum absolute atomic E-state index is 6.03. The van der Waals surface area contributed by atoms with Crippen molar-refractivity contribution in [1.29, 1.82) is 0 Å². The predicted octanol–water partition coefficient (Wildman–Crippen LogP) is 1.76. The molecule has 1 aliphatic rings. The monoisotopic (exact) mass is 286 g/mol. The van der Waals surface area contributed by atoms with Gasteiger partial charge in [-0.1, -0.05) is 24.3 Å². The Morgan fingerprint density at radius 3 is 1.95 bits per heavy atom. The van der Waals surface area contributed by atoms with E-state index < -0.39 is 0 Å². The first-order chi connectivity index (χ1) is 9.80. The van der Waals surface area contributed by atoms with Crippen molar-refractivity contribution in [2.75, 3.05) is 0 Å². The molecule has 2 rings (SSSR count). The van der Waals surface area contributed by atoms with Crippen LogP contribution in [0.2, 0.25) is 0 Å². The zero-order chi connectivity index (χ0) is 15.7. The lowest BCUT2D eigenvalue weighted by molar-refractivity contribution is 0.00578. The molecule has 0 aromatic heterocycles. The highest BCUT2D eigenvalue weighted by molar-refractivity contribution is 6.62. The molecule has 0 radical (unpaired) electrons. The number of rotatable bonds is 3. The van der Waals surface area contributed by atoms with Crippen molar-refractivity contribution in [2.45, 2.75) is 38.9 Å². The molecular weight excluding hydrogens is 263 g/mol. The molecule has 21 heavy (non-hydrogen) atoms. The third-order valence-electron chi connectivity index (χ3n) is 4.22. The van der Waals surface area contributed by atoms with Gasteiger partial charge in [-0.2, -0.15) is 0 Å². The Morgan fingerprint density at radius 2 is 1.52 bits per heavy atom. The minimum absolute atomic E-state index is 0.332. The molecule has 1 aliphatic heterocycles. The van der Waals surface area contributed by atoms with Gasteiger partial charge in [0.15, 0.2) is 0 Å². The van der Waals surface area contributed by atoms with Gasteiger partial charge in [-0.3, -0.25) is 0 Å². The molecule has 0 saturated carbocycles. The van der Waals surface area contributed by atoms with E-state index in [1.165, 1.54) is 12.4 Å². The average molecular weight is 286 g/mol. The first-order valence-corrected chi connectivity index (χ1v) is 7.07. The summed E-state index contributed by atoms with van der Waals surface area (Å²) in [7, 11) is -0.348. The first-order valence-electron chi connectivity index (χ1n) is 7.07. The lowest BCUT2D eigenvalue weighted by atomic mass is 9.78. The van der Waals surface area contributed by atoms with Crippen molar-refractivity contribution in [3.05, 3.63) is 48.3 Å². The zero-order valence-electron chi connectivity index (χ0n) is 13.1. The molecule has 0 amide bonds. The van der Waals surface area contributed by atoms with Gasteiger partial charge in [0.1, 0.15) is 0 Å². The summed E-state index contributed by atoms with van der Waals surface area (Å²) in [6, 6.07) is 7.95. The Kier molecular flexibility index (Phi) is 4.16. The minimum Gasteiger partial charge on any atom is -0.405 e. The van der Waals surface area contributed by atoms with E-state index in [1.807, 2.05) is 52.0 Å². The van der Waals surface area contributed by atoms with Gasteiger partial charge < -0.3 is 20.8 Å². The highest BCUT2D eigenvalue weighted by Gasteiger charge is 2.51. The second-order valence-corrected chi connectivity index (χ2v) is 6.19. The van der Waals surface area contributed by atoms with E-state index >= 15 is 0 Å². The molecular formula is C16H23BN2O2. The quantitative estimate of drug-likeness (QED) is 0.656. The molecule has 0 spiro atoms. The number of benzene rings is 1. The molecule has 0 unspecified atom stereocenters. The van der Waals surface area contributed by atoms with Crippen LogP contribution in [0.3, 0.4) is 0 Å². The number of hydrogen-bond acceptors (Lipinski definition) is 4. The van der Waals surface area contributed by atoms with Gasteiger partial charge in [0, 0.05) is 6.20 Å². The summed E-state index contributed by atoms with van der Waals surface area (Å²) in [5, 5.41) is 0. The standard InChI is InChI=1S/C16H23BN2O2/c1-15(2)16(3,4)21-17(20-15)14-7-5-12(6-8-14)13(11-19)9-10-18/h5-11H,18-19H2,1-4H3/b10-9-,13-11+.